The standard InChI is InChI=1S/C14H22N2O5S/c1-9-7-10(22(18,19)15-5)8-11(20-6)12(9)16-13(17)21-14(2,3)4/h7-8,15H,1-6H3,(H,16,17). The summed E-state index contributed by atoms with van der Waals surface area (Å²) >= 11 is 0. The van der Waals surface area contributed by atoms with Gasteiger partial charge in [0, 0.05) is 6.07 Å². The van der Waals surface area contributed by atoms with Crippen LogP contribution in [0.25, 0.3) is 0 Å². The van der Waals surface area contributed by atoms with Crippen LogP contribution in [-0.2, 0) is 14.8 Å². The Balaban J connectivity index is 3.20. The minimum Gasteiger partial charge on any atom is -0.495 e. The smallest absolute Gasteiger partial charge is 0.412 e. The van der Waals surface area contributed by atoms with Crippen LogP contribution >= 0.6 is 0 Å². The van der Waals surface area contributed by atoms with Crippen molar-refractivity contribution in [3.63, 3.8) is 0 Å². The Morgan fingerprint density at radius 3 is 2.27 bits per heavy atom. The Labute approximate surface area is 131 Å². The van der Waals surface area contributed by atoms with Gasteiger partial charge in [0.05, 0.1) is 17.7 Å². The summed E-state index contributed by atoms with van der Waals surface area (Å²) in [5, 5.41) is 2.58. The third-order valence-corrected chi connectivity index (χ3v) is 4.09. The maximum atomic E-state index is 11.9. The molecule has 1 aromatic rings. The van der Waals surface area contributed by atoms with Gasteiger partial charge in [0.25, 0.3) is 0 Å². The number of hydrogen-bond donors (Lipinski definition) is 2. The van der Waals surface area contributed by atoms with Crippen molar-refractivity contribution in [2.45, 2.75) is 38.2 Å². The molecule has 0 unspecified atom stereocenters. The fourth-order valence-electron chi connectivity index (χ4n) is 1.72. The van der Waals surface area contributed by atoms with Gasteiger partial charge in [0.15, 0.2) is 0 Å². The number of hydrogen-bond acceptors (Lipinski definition) is 5. The summed E-state index contributed by atoms with van der Waals surface area (Å²) in [6, 6.07) is 2.78. The summed E-state index contributed by atoms with van der Waals surface area (Å²) in [7, 11) is -0.884. The van der Waals surface area contributed by atoms with Crippen LogP contribution < -0.4 is 14.8 Å². The number of nitrogens with one attached hydrogen (secondary N) is 2. The summed E-state index contributed by atoms with van der Waals surface area (Å²) in [4.78, 5) is 11.9. The van der Waals surface area contributed by atoms with Gasteiger partial charge >= 0.3 is 6.09 Å². The van der Waals surface area contributed by atoms with Gasteiger partial charge in [0.1, 0.15) is 11.4 Å². The molecule has 0 bridgehead atoms. The minimum absolute atomic E-state index is 0.0547. The van der Waals surface area contributed by atoms with Crippen LogP contribution in [0.5, 0.6) is 5.75 Å². The lowest BCUT2D eigenvalue weighted by Crippen LogP contribution is -2.27. The van der Waals surface area contributed by atoms with Gasteiger partial charge in [-0.15, -0.1) is 0 Å². The highest BCUT2D eigenvalue weighted by Crippen LogP contribution is 2.32. The van der Waals surface area contributed by atoms with Gasteiger partial charge in [-0.2, -0.15) is 0 Å². The fraction of sp³-hybridized carbons (Fsp3) is 0.500. The molecule has 1 aromatic carbocycles. The number of carbonyl (C=O) groups is 1. The highest BCUT2D eigenvalue weighted by atomic mass is 32.2. The van der Waals surface area contributed by atoms with Crippen molar-refractivity contribution in [3.8, 4) is 5.75 Å². The Hall–Kier alpha value is -1.80. The molecule has 0 atom stereocenters. The molecule has 0 saturated carbocycles. The molecule has 22 heavy (non-hydrogen) atoms. The number of anilines is 1. The molecule has 2 N–H and O–H groups in total. The molecule has 0 aliphatic heterocycles. The molecule has 0 radical (unpaired) electrons. The third kappa shape index (κ3) is 4.60. The van der Waals surface area contributed by atoms with E-state index in [4.69, 9.17) is 9.47 Å². The average molecular weight is 330 g/mol. The van der Waals surface area contributed by atoms with Crippen molar-refractivity contribution >= 4 is 21.8 Å². The lowest BCUT2D eigenvalue weighted by Gasteiger charge is -2.21. The van der Waals surface area contributed by atoms with E-state index in [2.05, 4.69) is 10.0 Å². The molecule has 1 amide bonds. The Bertz CT molecular complexity index is 663. The maximum absolute atomic E-state index is 11.9. The van der Waals surface area contributed by atoms with E-state index in [-0.39, 0.29) is 10.6 Å². The van der Waals surface area contributed by atoms with Gasteiger partial charge in [-0.1, -0.05) is 0 Å². The van der Waals surface area contributed by atoms with Crippen LogP contribution in [0.3, 0.4) is 0 Å². The largest absolute Gasteiger partial charge is 0.495 e. The van der Waals surface area contributed by atoms with E-state index in [9.17, 15) is 13.2 Å². The number of sulfonamides is 1. The summed E-state index contributed by atoms with van der Waals surface area (Å²) in [6.45, 7) is 6.92. The molecule has 1 rings (SSSR count). The van der Waals surface area contributed by atoms with Crippen LogP contribution in [0, 0.1) is 6.92 Å². The van der Waals surface area contributed by atoms with Crippen LogP contribution in [0.15, 0.2) is 17.0 Å². The Morgan fingerprint density at radius 2 is 1.82 bits per heavy atom. The molecule has 0 aromatic heterocycles. The number of ether oxygens (including phenoxy) is 2. The van der Waals surface area contributed by atoms with Crippen LogP contribution in [0.4, 0.5) is 10.5 Å². The number of rotatable bonds is 4. The zero-order valence-electron chi connectivity index (χ0n) is 13.6. The first-order valence-electron chi connectivity index (χ1n) is 6.62. The van der Waals surface area contributed by atoms with Gasteiger partial charge in [-0.3, -0.25) is 5.32 Å². The SMILES string of the molecule is CNS(=O)(=O)c1cc(C)c(NC(=O)OC(C)(C)C)c(OC)c1. The van der Waals surface area contributed by atoms with Crippen LogP contribution in [0.2, 0.25) is 0 Å². The van der Waals surface area contributed by atoms with Gasteiger partial charge in [-0.05, 0) is 46.4 Å². The topological polar surface area (TPSA) is 93.7 Å². The van der Waals surface area contributed by atoms with Crippen molar-refractivity contribution < 1.29 is 22.7 Å². The van der Waals surface area contributed by atoms with E-state index in [0.29, 0.717) is 11.3 Å². The normalized spacial score (nSPS) is 11.9. The van der Waals surface area contributed by atoms with E-state index in [1.54, 1.807) is 27.7 Å². The Morgan fingerprint density at radius 1 is 1.23 bits per heavy atom. The van der Waals surface area contributed by atoms with Crippen LogP contribution in [-0.4, -0.2) is 34.3 Å². The van der Waals surface area contributed by atoms with Gasteiger partial charge in [-0.25, -0.2) is 17.9 Å². The molecule has 8 heteroatoms. The molecule has 7 nitrogen and oxygen atoms in total. The summed E-state index contributed by atoms with van der Waals surface area (Å²) < 4.78 is 36.3. The molecular formula is C14H22N2O5S. The van der Waals surface area contributed by atoms with Crippen molar-refractivity contribution in [2.75, 3.05) is 19.5 Å². The first-order valence-corrected chi connectivity index (χ1v) is 8.10. The number of carbonyl (C=O) groups excluding carboxylic acids is 1. The fourth-order valence-corrected chi connectivity index (χ4v) is 2.55. The molecule has 0 saturated heterocycles. The van der Waals surface area contributed by atoms with E-state index in [0.717, 1.165) is 0 Å². The van der Waals surface area contributed by atoms with Gasteiger partial charge in [0.2, 0.25) is 10.0 Å². The maximum Gasteiger partial charge on any atom is 0.412 e. The predicted octanol–water partition coefficient (Wildman–Crippen LogP) is 2.26. The molecule has 0 aliphatic rings. The molecule has 0 fully saturated rings. The monoisotopic (exact) mass is 330 g/mol. The van der Waals surface area contributed by atoms with Crippen molar-refractivity contribution in [1.82, 2.24) is 4.72 Å². The van der Waals surface area contributed by atoms with E-state index >= 15 is 0 Å². The van der Waals surface area contributed by atoms with E-state index in [1.165, 1.54) is 26.3 Å². The molecule has 0 spiro atoms. The first-order chi connectivity index (χ1) is 10.00. The van der Waals surface area contributed by atoms with Crippen molar-refractivity contribution in [1.29, 1.82) is 0 Å². The van der Waals surface area contributed by atoms with Crippen molar-refractivity contribution in [3.05, 3.63) is 17.7 Å². The molecular weight excluding hydrogens is 308 g/mol. The molecule has 0 aliphatic carbocycles. The predicted molar refractivity (Wildman–Crippen MR) is 83.8 cm³/mol. The van der Waals surface area contributed by atoms with E-state index < -0.39 is 21.7 Å². The minimum atomic E-state index is -3.60. The number of methoxy groups -OCH3 is 1. The van der Waals surface area contributed by atoms with Gasteiger partial charge < -0.3 is 9.47 Å². The summed E-state index contributed by atoms with van der Waals surface area (Å²) in [6.07, 6.45) is -0.641. The number of benzene rings is 1. The quantitative estimate of drug-likeness (QED) is 0.883. The lowest BCUT2D eigenvalue weighted by atomic mass is 10.2. The number of aryl methyl sites for hydroxylation is 1. The summed E-state index contributed by atoms with van der Waals surface area (Å²) in [5.74, 6) is 0.236. The lowest BCUT2D eigenvalue weighted by molar-refractivity contribution is 0.0635. The zero-order chi connectivity index (χ0) is 17.1. The second kappa shape index (κ2) is 6.53. The van der Waals surface area contributed by atoms with Crippen LogP contribution in [0.1, 0.15) is 26.3 Å². The Kier molecular flexibility index (Phi) is 5.42. The molecule has 0 heterocycles. The summed E-state index contributed by atoms with van der Waals surface area (Å²) in [5.41, 5.74) is 0.270. The molecule has 124 valence electrons. The highest BCUT2D eigenvalue weighted by Gasteiger charge is 2.21. The zero-order valence-corrected chi connectivity index (χ0v) is 14.4. The first kappa shape index (κ1) is 18.2. The van der Waals surface area contributed by atoms with Crippen molar-refractivity contribution in [2.24, 2.45) is 0 Å². The highest BCUT2D eigenvalue weighted by molar-refractivity contribution is 7.89. The number of amides is 1. The second-order valence-electron chi connectivity index (χ2n) is 5.65. The average Bonchev–Trinajstić information content (AvgIpc) is 2.38. The van der Waals surface area contributed by atoms with E-state index in [1.807, 2.05) is 0 Å². The second-order valence-corrected chi connectivity index (χ2v) is 7.54. The third-order valence-electron chi connectivity index (χ3n) is 2.70.